The lowest BCUT2D eigenvalue weighted by atomic mass is 9.83. The molecule has 3 heterocycles. The van der Waals surface area contributed by atoms with Crippen molar-refractivity contribution in [2.45, 2.75) is 37.3 Å². The number of ether oxygens (including phenoxy) is 2. The number of nitrogens with zero attached hydrogens (tertiary/aromatic N) is 4. The summed E-state index contributed by atoms with van der Waals surface area (Å²) in [4.78, 5) is 57.1. The quantitative estimate of drug-likeness (QED) is 0.134. The van der Waals surface area contributed by atoms with Gasteiger partial charge in [0.05, 0.1) is 16.9 Å². The number of benzene rings is 1. The molecule has 0 saturated carbocycles. The van der Waals surface area contributed by atoms with E-state index in [1.807, 2.05) is 0 Å². The van der Waals surface area contributed by atoms with Gasteiger partial charge < -0.3 is 14.4 Å². The smallest absolute Gasteiger partial charge is 0.356 e. The number of non-ortho nitro benzene ring substituents is 1. The Morgan fingerprint density at radius 3 is 2.67 bits per heavy atom. The fraction of sp³-hybridized carbons (Fsp3) is 0.286. The largest absolute Gasteiger partial charge is 0.464 e. The minimum absolute atomic E-state index is 0.0724. The summed E-state index contributed by atoms with van der Waals surface area (Å²) < 4.78 is 10.4. The van der Waals surface area contributed by atoms with E-state index >= 15 is 0 Å². The number of hydrogen-bond donors (Lipinski definition) is 0. The Labute approximate surface area is 191 Å². The van der Waals surface area contributed by atoms with Crippen LogP contribution in [-0.2, 0) is 30.5 Å². The molecule has 12 heteroatoms. The molecule has 1 fully saturated rings. The van der Waals surface area contributed by atoms with Crippen molar-refractivity contribution in [3.05, 3.63) is 69.0 Å². The topological polar surface area (TPSA) is 142 Å². The van der Waals surface area contributed by atoms with Crippen molar-refractivity contribution in [1.29, 1.82) is 0 Å². The summed E-state index contributed by atoms with van der Waals surface area (Å²) in [6.45, 7) is 1.81. The van der Waals surface area contributed by atoms with E-state index < -0.39 is 22.9 Å². The normalized spacial score (nSPS) is 20.0. The summed E-state index contributed by atoms with van der Waals surface area (Å²) in [5.74, 6) is -1.60. The van der Waals surface area contributed by atoms with Crippen LogP contribution in [0.25, 0.3) is 0 Å². The molecule has 11 nitrogen and oxygen atoms in total. The van der Waals surface area contributed by atoms with Gasteiger partial charge in [0.2, 0.25) is 5.91 Å². The molecule has 1 aromatic carbocycles. The van der Waals surface area contributed by atoms with E-state index in [0.717, 1.165) is 0 Å². The summed E-state index contributed by atoms with van der Waals surface area (Å²) in [6.07, 6.45) is 2.87. The van der Waals surface area contributed by atoms with E-state index in [1.165, 1.54) is 40.9 Å². The maximum atomic E-state index is 13.0. The average molecular weight is 470 g/mol. The molecule has 0 N–H and O–H groups in total. The number of carbonyl (C=O) groups excluding carboxylic acids is 3. The Kier molecular flexibility index (Phi) is 6.36. The monoisotopic (exact) mass is 470 g/mol. The third kappa shape index (κ3) is 4.42. The molecule has 0 spiro atoms. The van der Waals surface area contributed by atoms with Gasteiger partial charge in [-0.15, -0.1) is 0 Å². The van der Waals surface area contributed by atoms with Crippen LogP contribution >= 0.6 is 11.8 Å². The van der Waals surface area contributed by atoms with Crippen LogP contribution in [0.2, 0.25) is 0 Å². The zero-order valence-corrected chi connectivity index (χ0v) is 18.1. The van der Waals surface area contributed by atoms with Crippen molar-refractivity contribution >= 4 is 35.8 Å². The SMILES string of the molecule is C[C@@H](OC=O)[C@H]1C(=O)N2C(C(=O)OCc3ccc([N+](=O)[O-])cc3)=C(Sc3ncccn3)C[C@H]12. The van der Waals surface area contributed by atoms with Gasteiger partial charge in [-0.25, -0.2) is 14.8 Å². The van der Waals surface area contributed by atoms with Crippen molar-refractivity contribution in [2.75, 3.05) is 0 Å². The lowest BCUT2D eigenvalue weighted by Crippen LogP contribution is -2.62. The predicted molar refractivity (Wildman–Crippen MR) is 113 cm³/mol. The highest BCUT2D eigenvalue weighted by molar-refractivity contribution is 8.03. The lowest BCUT2D eigenvalue weighted by Gasteiger charge is -2.45. The number of thioether (sulfide) groups is 1. The van der Waals surface area contributed by atoms with Crippen LogP contribution in [0, 0.1) is 16.0 Å². The van der Waals surface area contributed by atoms with Gasteiger partial charge >= 0.3 is 5.97 Å². The predicted octanol–water partition coefficient (Wildman–Crippen LogP) is 2.22. The number of carbonyl (C=O) groups is 3. The molecule has 1 saturated heterocycles. The molecular formula is C21H18N4O7S. The first kappa shape index (κ1) is 22.4. The minimum Gasteiger partial charge on any atom is -0.464 e. The molecule has 0 radical (unpaired) electrons. The number of esters is 1. The molecule has 0 aliphatic carbocycles. The molecule has 2 aromatic rings. The van der Waals surface area contributed by atoms with Gasteiger partial charge in [0, 0.05) is 35.9 Å². The molecule has 4 rings (SSSR count). The number of nitro groups is 1. The van der Waals surface area contributed by atoms with Crippen molar-refractivity contribution in [3.63, 3.8) is 0 Å². The summed E-state index contributed by atoms with van der Waals surface area (Å²) in [6, 6.07) is 6.94. The highest BCUT2D eigenvalue weighted by atomic mass is 32.2. The summed E-state index contributed by atoms with van der Waals surface area (Å²) >= 11 is 1.17. The van der Waals surface area contributed by atoms with E-state index in [4.69, 9.17) is 9.47 Å². The Balaban J connectivity index is 1.54. The molecule has 1 aromatic heterocycles. The third-order valence-corrected chi connectivity index (χ3v) is 6.41. The number of amides is 1. The van der Waals surface area contributed by atoms with Gasteiger partial charge in [0.25, 0.3) is 12.2 Å². The first-order valence-corrected chi connectivity index (χ1v) is 10.7. The number of aromatic nitrogens is 2. The second-order valence-electron chi connectivity index (χ2n) is 7.35. The molecule has 1 amide bonds. The first-order valence-electron chi connectivity index (χ1n) is 9.91. The van der Waals surface area contributed by atoms with E-state index in [2.05, 4.69) is 9.97 Å². The third-order valence-electron chi connectivity index (χ3n) is 5.41. The number of rotatable bonds is 9. The zero-order valence-electron chi connectivity index (χ0n) is 17.3. The number of hydrogen-bond acceptors (Lipinski definition) is 10. The van der Waals surface area contributed by atoms with Crippen molar-refractivity contribution in [1.82, 2.24) is 14.9 Å². The summed E-state index contributed by atoms with van der Waals surface area (Å²) in [7, 11) is 0. The molecule has 0 bridgehead atoms. The summed E-state index contributed by atoms with van der Waals surface area (Å²) in [5.41, 5.74) is 0.598. The summed E-state index contributed by atoms with van der Waals surface area (Å²) in [5, 5.41) is 11.2. The highest BCUT2D eigenvalue weighted by Gasteiger charge is 2.58. The molecule has 0 unspecified atom stereocenters. The van der Waals surface area contributed by atoms with Crippen LogP contribution in [0.1, 0.15) is 18.9 Å². The first-order chi connectivity index (χ1) is 15.9. The Morgan fingerprint density at radius 2 is 2.03 bits per heavy atom. The zero-order chi connectivity index (χ0) is 23.5. The van der Waals surface area contributed by atoms with Crippen LogP contribution in [0.3, 0.4) is 0 Å². The Bertz CT molecular complexity index is 1120. The van der Waals surface area contributed by atoms with Crippen LogP contribution in [0.5, 0.6) is 0 Å². The Morgan fingerprint density at radius 1 is 1.33 bits per heavy atom. The highest BCUT2D eigenvalue weighted by Crippen LogP contribution is 2.48. The molecule has 2 aliphatic heterocycles. The van der Waals surface area contributed by atoms with Crippen LogP contribution in [-0.4, -0.2) is 50.3 Å². The van der Waals surface area contributed by atoms with Crippen molar-refractivity contribution in [2.24, 2.45) is 5.92 Å². The van der Waals surface area contributed by atoms with Crippen LogP contribution < -0.4 is 0 Å². The number of fused-ring (bicyclic) bond motifs is 1. The van der Waals surface area contributed by atoms with Crippen molar-refractivity contribution in [3.8, 4) is 0 Å². The van der Waals surface area contributed by atoms with Gasteiger partial charge in [-0.05, 0) is 30.7 Å². The van der Waals surface area contributed by atoms with E-state index in [9.17, 15) is 24.5 Å². The lowest BCUT2D eigenvalue weighted by molar-refractivity contribution is -0.384. The maximum Gasteiger partial charge on any atom is 0.356 e. The molecular weight excluding hydrogens is 452 g/mol. The van der Waals surface area contributed by atoms with Gasteiger partial charge in [-0.2, -0.15) is 0 Å². The molecule has 170 valence electrons. The standard InChI is InChI=1S/C21H18N4O7S/c1-12(32-11-26)17-15-9-16(33-21-22-7-2-8-23-21)18(24(15)19(17)27)20(28)31-10-13-3-5-14(6-4-13)25(29)30/h2-8,11-12,15,17H,9-10H2,1H3/t12-,15-,17-/m1/s1. The number of β-lactam (4-membered cyclic amide) rings is 1. The molecule has 33 heavy (non-hydrogen) atoms. The van der Waals surface area contributed by atoms with Gasteiger partial charge in [0.1, 0.15) is 18.4 Å². The second kappa shape index (κ2) is 9.36. The number of nitro benzene ring substituents is 1. The average Bonchev–Trinajstić information content (AvgIpc) is 3.12. The fourth-order valence-electron chi connectivity index (χ4n) is 3.85. The van der Waals surface area contributed by atoms with Gasteiger partial charge in [-0.1, -0.05) is 11.8 Å². The van der Waals surface area contributed by atoms with Gasteiger partial charge in [-0.3, -0.25) is 19.7 Å². The van der Waals surface area contributed by atoms with Crippen molar-refractivity contribution < 1.29 is 28.8 Å². The van der Waals surface area contributed by atoms with E-state index in [0.29, 0.717) is 28.5 Å². The fourth-order valence-corrected chi connectivity index (χ4v) is 4.83. The van der Waals surface area contributed by atoms with Gasteiger partial charge in [0.15, 0.2) is 5.16 Å². The Hall–Kier alpha value is -3.80. The van der Waals surface area contributed by atoms with E-state index in [1.54, 1.807) is 25.4 Å². The van der Waals surface area contributed by atoms with Crippen LogP contribution in [0.4, 0.5) is 5.69 Å². The second-order valence-corrected chi connectivity index (χ2v) is 8.41. The molecule has 3 atom stereocenters. The minimum atomic E-state index is -0.704. The van der Waals surface area contributed by atoms with E-state index in [-0.39, 0.29) is 29.9 Å². The molecule has 2 aliphatic rings. The van der Waals surface area contributed by atoms with Crippen LogP contribution in [0.15, 0.2) is 58.5 Å². The maximum absolute atomic E-state index is 13.0.